The molecule has 0 aromatic carbocycles. The summed E-state index contributed by atoms with van der Waals surface area (Å²) in [5, 5.41) is 21.2. The van der Waals surface area contributed by atoms with E-state index < -0.39 is 0 Å². The Kier molecular flexibility index (Phi) is 4.58. The van der Waals surface area contributed by atoms with Crippen molar-refractivity contribution in [2.45, 2.75) is 38.1 Å². The number of hydrogen-bond donors (Lipinski definition) is 3. The van der Waals surface area contributed by atoms with Crippen molar-refractivity contribution < 1.29 is 5.11 Å². The lowest BCUT2D eigenvalue weighted by atomic mass is 10.1. The summed E-state index contributed by atoms with van der Waals surface area (Å²) in [7, 11) is 0. The molecule has 4 rings (SSSR count). The molecule has 3 aromatic rings. The van der Waals surface area contributed by atoms with Gasteiger partial charge in [0.25, 0.3) is 0 Å². The van der Waals surface area contributed by atoms with Crippen LogP contribution < -0.4 is 5.32 Å². The fourth-order valence-corrected chi connectivity index (χ4v) is 3.54. The third-order valence-corrected chi connectivity index (χ3v) is 4.82. The summed E-state index contributed by atoms with van der Waals surface area (Å²) in [5.41, 5.74) is 2.96. The first-order valence-electron chi connectivity index (χ1n) is 8.60. The summed E-state index contributed by atoms with van der Waals surface area (Å²) in [6.07, 6.45) is 10.6. The lowest BCUT2D eigenvalue weighted by Gasteiger charge is -2.15. The van der Waals surface area contributed by atoms with E-state index >= 15 is 0 Å². The molecule has 1 aliphatic carbocycles. The summed E-state index contributed by atoms with van der Waals surface area (Å²) < 4.78 is 2.08. The molecule has 0 radical (unpaired) electrons. The van der Waals surface area contributed by atoms with E-state index in [4.69, 9.17) is 0 Å². The molecule has 0 saturated heterocycles. The predicted octanol–water partition coefficient (Wildman–Crippen LogP) is 1.60. The lowest BCUT2D eigenvalue weighted by Crippen LogP contribution is -2.35. The van der Waals surface area contributed by atoms with Crippen LogP contribution in [-0.2, 0) is 13.1 Å². The first kappa shape index (κ1) is 16.0. The molecule has 1 unspecified atom stereocenters. The van der Waals surface area contributed by atoms with Gasteiger partial charge in [-0.1, -0.05) is 0 Å². The maximum atomic E-state index is 10.3. The SMILES string of the molecule is O[C@@H]1CC(Cn2ccnc2)C[C@H]1NCc1cc(-c2ccncc2)n[nH]1. The van der Waals surface area contributed by atoms with Crippen LogP contribution in [0, 0.1) is 5.92 Å². The van der Waals surface area contributed by atoms with E-state index in [2.05, 4.69) is 30.0 Å². The maximum Gasteiger partial charge on any atom is 0.0945 e. The second kappa shape index (κ2) is 7.16. The first-order valence-corrected chi connectivity index (χ1v) is 8.60. The molecule has 7 heteroatoms. The average Bonchev–Trinajstić information content (AvgIpc) is 3.36. The molecule has 3 N–H and O–H groups in total. The molecule has 7 nitrogen and oxygen atoms in total. The van der Waals surface area contributed by atoms with Crippen molar-refractivity contribution in [2.24, 2.45) is 5.92 Å². The average molecular weight is 338 g/mol. The summed E-state index contributed by atoms with van der Waals surface area (Å²) in [4.78, 5) is 8.10. The Morgan fingerprint density at radius 1 is 1.20 bits per heavy atom. The van der Waals surface area contributed by atoms with Crippen LogP contribution in [0.2, 0.25) is 0 Å². The summed E-state index contributed by atoms with van der Waals surface area (Å²) >= 11 is 0. The van der Waals surface area contributed by atoms with Gasteiger partial charge in [0, 0.05) is 55.2 Å². The summed E-state index contributed by atoms with van der Waals surface area (Å²) in [5.74, 6) is 0.468. The van der Waals surface area contributed by atoms with Gasteiger partial charge in [0.2, 0.25) is 0 Å². The Morgan fingerprint density at radius 2 is 2.08 bits per heavy atom. The number of nitrogens with zero attached hydrogens (tertiary/aromatic N) is 4. The van der Waals surface area contributed by atoms with Crippen LogP contribution in [0.3, 0.4) is 0 Å². The van der Waals surface area contributed by atoms with Crippen LogP contribution in [0.4, 0.5) is 0 Å². The number of rotatable bonds is 6. The van der Waals surface area contributed by atoms with Gasteiger partial charge < -0.3 is 15.0 Å². The molecule has 3 aromatic heterocycles. The highest BCUT2D eigenvalue weighted by molar-refractivity contribution is 5.58. The number of imidazole rings is 1. The van der Waals surface area contributed by atoms with Crippen molar-refractivity contribution in [2.75, 3.05) is 0 Å². The van der Waals surface area contributed by atoms with Crippen LogP contribution in [0.25, 0.3) is 11.3 Å². The van der Waals surface area contributed by atoms with Crippen molar-refractivity contribution in [3.05, 3.63) is 55.0 Å². The predicted molar refractivity (Wildman–Crippen MR) is 93.4 cm³/mol. The van der Waals surface area contributed by atoms with Gasteiger partial charge in [-0.05, 0) is 37.0 Å². The van der Waals surface area contributed by atoms with Crippen LogP contribution in [0.5, 0.6) is 0 Å². The monoisotopic (exact) mass is 338 g/mol. The molecule has 0 spiro atoms. The normalized spacial score (nSPS) is 23.2. The van der Waals surface area contributed by atoms with Crippen LogP contribution in [-0.4, -0.2) is 42.0 Å². The highest BCUT2D eigenvalue weighted by Gasteiger charge is 2.32. The van der Waals surface area contributed by atoms with Gasteiger partial charge in [-0.25, -0.2) is 4.98 Å². The molecule has 1 saturated carbocycles. The molecular formula is C18H22N6O. The third-order valence-electron chi connectivity index (χ3n) is 4.82. The summed E-state index contributed by atoms with van der Waals surface area (Å²) in [6.45, 7) is 1.57. The van der Waals surface area contributed by atoms with Crippen LogP contribution in [0.1, 0.15) is 18.5 Å². The van der Waals surface area contributed by atoms with Crippen LogP contribution in [0.15, 0.2) is 49.3 Å². The largest absolute Gasteiger partial charge is 0.391 e. The summed E-state index contributed by atoms with van der Waals surface area (Å²) in [6, 6.07) is 6.03. The fraction of sp³-hybridized carbons (Fsp3) is 0.389. The van der Waals surface area contributed by atoms with E-state index in [1.54, 1.807) is 18.6 Å². The molecule has 0 aliphatic heterocycles. The van der Waals surface area contributed by atoms with Crippen molar-refractivity contribution in [1.29, 1.82) is 0 Å². The van der Waals surface area contributed by atoms with E-state index in [0.29, 0.717) is 12.5 Å². The minimum Gasteiger partial charge on any atom is -0.391 e. The van der Waals surface area contributed by atoms with Crippen molar-refractivity contribution in [3.8, 4) is 11.3 Å². The Hall–Kier alpha value is -2.51. The third kappa shape index (κ3) is 3.78. The smallest absolute Gasteiger partial charge is 0.0945 e. The quantitative estimate of drug-likeness (QED) is 0.635. The molecule has 3 atom stereocenters. The number of H-pyrrole nitrogens is 1. The highest BCUT2D eigenvalue weighted by Crippen LogP contribution is 2.28. The van der Waals surface area contributed by atoms with Crippen molar-refractivity contribution in [3.63, 3.8) is 0 Å². The van der Waals surface area contributed by atoms with Gasteiger partial charge in [-0.15, -0.1) is 0 Å². The molecular weight excluding hydrogens is 316 g/mol. The van der Waals surface area contributed by atoms with Crippen LogP contribution >= 0.6 is 0 Å². The van der Waals surface area contributed by atoms with E-state index in [-0.39, 0.29) is 12.1 Å². The Labute approximate surface area is 146 Å². The van der Waals surface area contributed by atoms with Gasteiger partial charge in [0.05, 0.1) is 18.1 Å². The molecule has 25 heavy (non-hydrogen) atoms. The lowest BCUT2D eigenvalue weighted by molar-refractivity contribution is 0.145. The molecule has 3 heterocycles. The molecule has 1 aliphatic rings. The topological polar surface area (TPSA) is 91.7 Å². The zero-order valence-electron chi connectivity index (χ0n) is 13.9. The Bertz CT molecular complexity index is 785. The van der Waals surface area contributed by atoms with Gasteiger partial charge in [-0.3, -0.25) is 10.1 Å². The number of pyridine rings is 1. The number of aliphatic hydroxyl groups is 1. The second-order valence-corrected chi connectivity index (χ2v) is 6.67. The molecule has 0 amide bonds. The van der Waals surface area contributed by atoms with E-state index in [9.17, 15) is 5.11 Å². The molecule has 1 fully saturated rings. The number of aliphatic hydroxyl groups excluding tert-OH is 1. The van der Waals surface area contributed by atoms with E-state index in [1.165, 1.54) is 0 Å². The second-order valence-electron chi connectivity index (χ2n) is 6.67. The van der Waals surface area contributed by atoms with E-state index in [0.717, 1.165) is 36.3 Å². The minimum absolute atomic E-state index is 0.112. The Balaban J connectivity index is 1.32. The number of nitrogens with one attached hydrogen (secondary N) is 2. The number of hydrogen-bond acceptors (Lipinski definition) is 5. The standard InChI is InChI=1S/C18H22N6O/c25-18-8-13(11-24-6-5-20-12-24)7-17(18)21-10-15-9-16(23-22-15)14-1-3-19-4-2-14/h1-6,9,12-13,17-18,21,25H,7-8,10-11H2,(H,22,23)/t13?,17-,18-/m1/s1. The van der Waals surface area contributed by atoms with Gasteiger partial charge in [-0.2, -0.15) is 5.10 Å². The van der Waals surface area contributed by atoms with Crippen molar-refractivity contribution in [1.82, 2.24) is 30.0 Å². The van der Waals surface area contributed by atoms with Gasteiger partial charge in [0.15, 0.2) is 0 Å². The minimum atomic E-state index is -0.309. The molecule has 130 valence electrons. The Morgan fingerprint density at radius 3 is 2.88 bits per heavy atom. The maximum absolute atomic E-state index is 10.3. The van der Waals surface area contributed by atoms with E-state index in [1.807, 2.05) is 30.7 Å². The zero-order valence-corrected chi connectivity index (χ0v) is 13.9. The number of aromatic nitrogens is 5. The fourth-order valence-electron chi connectivity index (χ4n) is 3.54. The van der Waals surface area contributed by atoms with Gasteiger partial charge in [0.1, 0.15) is 0 Å². The zero-order chi connectivity index (χ0) is 17.1. The van der Waals surface area contributed by atoms with Crippen molar-refractivity contribution >= 4 is 0 Å². The molecule has 0 bridgehead atoms. The van der Waals surface area contributed by atoms with Gasteiger partial charge >= 0.3 is 0 Å². The first-order chi connectivity index (χ1) is 12.3. The highest BCUT2D eigenvalue weighted by atomic mass is 16.3. The number of aromatic amines is 1.